The van der Waals surface area contributed by atoms with Gasteiger partial charge in [0.05, 0.1) is 12.0 Å². The van der Waals surface area contributed by atoms with Gasteiger partial charge < -0.3 is 16.0 Å². The summed E-state index contributed by atoms with van der Waals surface area (Å²) < 4.78 is 42.4. The molecular formula is C25H23F3N4O2. The molecule has 9 heteroatoms. The number of hydrogen-bond donors (Lipinski definition) is 2. The summed E-state index contributed by atoms with van der Waals surface area (Å²) in [5.41, 5.74) is 7.56. The summed E-state index contributed by atoms with van der Waals surface area (Å²) in [5.74, 6) is -2.81. The van der Waals surface area contributed by atoms with E-state index in [0.717, 1.165) is 18.2 Å². The number of anilines is 2. The fourth-order valence-corrected chi connectivity index (χ4v) is 4.06. The molecule has 1 aliphatic rings. The van der Waals surface area contributed by atoms with Crippen molar-refractivity contribution in [1.82, 2.24) is 10.3 Å². The molecule has 3 aromatic rings. The minimum Gasteiger partial charge on any atom is -0.383 e. The van der Waals surface area contributed by atoms with E-state index < -0.39 is 29.3 Å². The summed E-state index contributed by atoms with van der Waals surface area (Å²) >= 11 is 0. The van der Waals surface area contributed by atoms with Crippen molar-refractivity contribution in [2.24, 2.45) is 0 Å². The quantitative estimate of drug-likeness (QED) is 0.592. The van der Waals surface area contributed by atoms with Crippen LogP contribution in [0.5, 0.6) is 0 Å². The van der Waals surface area contributed by atoms with E-state index in [1.54, 1.807) is 6.07 Å². The van der Waals surface area contributed by atoms with E-state index in [9.17, 15) is 18.4 Å². The smallest absolute Gasteiger partial charge is 0.255 e. The van der Waals surface area contributed by atoms with Crippen LogP contribution < -0.4 is 16.0 Å². The molecule has 0 fully saturated rings. The summed E-state index contributed by atoms with van der Waals surface area (Å²) in [7, 11) is 0. The first-order chi connectivity index (χ1) is 16.1. The highest BCUT2D eigenvalue weighted by atomic mass is 19.1. The second kappa shape index (κ2) is 9.17. The average Bonchev–Trinajstić information content (AvgIpc) is 3.18. The van der Waals surface area contributed by atoms with Gasteiger partial charge in [-0.1, -0.05) is 0 Å². The number of amides is 2. The Morgan fingerprint density at radius 1 is 1.12 bits per heavy atom. The zero-order chi connectivity index (χ0) is 24.6. The van der Waals surface area contributed by atoms with Crippen LogP contribution in [0.25, 0.3) is 11.1 Å². The van der Waals surface area contributed by atoms with Crippen LogP contribution in [0.4, 0.5) is 24.7 Å². The highest BCUT2D eigenvalue weighted by molar-refractivity contribution is 6.00. The van der Waals surface area contributed by atoms with Crippen LogP contribution in [0.15, 0.2) is 42.6 Å². The second-order valence-corrected chi connectivity index (χ2v) is 8.46. The molecule has 1 aromatic heterocycles. The lowest BCUT2D eigenvalue weighted by atomic mass is 10.00. The van der Waals surface area contributed by atoms with Crippen LogP contribution in [0, 0.1) is 17.5 Å². The number of benzene rings is 2. The van der Waals surface area contributed by atoms with Crippen LogP contribution in [-0.4, -0.2) is 29.4 Å². The first-order valence-corrected chi connectivity index (χ1v) is 10.8. The van der Waals surface area contributed by atoms with Gasteiger partial charge in [0.1, 0.15) is 23.3 Å². The molecule has 0 aliphatic carbocycles. The molecule has 0 unspecified atom stereocenters. The van der Waals surface area contributed by atoms with Gasteiger partial charge >= 0.3 is 0 Å². The normalized spacial score (nSPS) is 12.7. The van der Waals surface area contributed by atoms with E-state index in [-0.39, 0.29) is 47.9 Å². The summed E-state index contributed by atoms with van der Waals surface area (Å²) in [6.07, 6.45) is 1.46. The molecule has 2 heterocycles. The zero-order valence-electron chi connectivity index (χ0n) is 18.7. The predicted molar refractivity (Wildman–Crippen MR) is 123 cm³/mol. The van der Waals surface area contributed by atoms with Gasteiger partial charge in [0.25, 0.3) is 5.91 Å². The van der Waals surface area contributed by atoms with E-state index in [1.165, 1.54) is 23.2 Å². The average molecular weight is 468 g/mol. The number of aromatic nitrogens is 1. The number of nitrogens with zero attached hydrogens (tertiary/aromatic N) is 2. The Hall–Kier alpha value is -3.88. The van der Waals surface area contributed by atoms with Crippen molar-refractivity contribution < 1.29 is 22.8 Å². The molecule has 34 heavy (non-hydrogen) atoms. The minimum atomic E-state index is -0.765. The maximum atomic E-state index is 15.5. The Balaban J connectivity index is 1.62. The molecule has 0 spiro atoms. The van der Waals surface area contributed by atoms with Crippen molar-refractivity contribution in [2.45, 2.75) is 32.7 Å². The van der Waals surface area contributed by atoms with Gasteiger partial charge in [-0.15, -0.1) is 0 Å². The lowest BCUT2D eigenvalue weighted by molar-refractivity contribution is -0.117. The van der Waals surface area contributed by atoms with Crippen LogP contribution >= 0.6 is 0 Å². The largest absolute Gasteiger partial charge is 0.383 e. The number of fused-ring (bicyclic) bond motifs is 1. The number of pyridine rings is 1. The third-order valence-corrected chi connectivity index (χ3v) is 5.57. The van der Waals surface area contributed by atoms with Gasteiger partial charge in [-0.25, -0.2) is 18.2 Å². The molecule has 3 N–H and O–H groups in total. The standard InChI is InChI=1S/C25H23F3N4O2/c1-13(2)31-25(34)20-10-15(12-30-24(20)29)18-3-4-21-19(23(18)28)5-6-32(21)22(33)9-14-7-16(26)11-17(27)8-14/h3-4,7-8,10-13H,5-6,9H2,1-2H3,(H2,29,30)(H,31,34). The Morgan fingerprint density at radius 3 is 2.50 bits per heavy atom. The van der Waals surface area contributed by atoms with Crippen molar-refractivity contribution in [3.8, 4) is 11.1 Å². The highest BCUT2D eigenvalue weighted by Crippen LogP contribution is 2.36. The summed E-state index contributed by atoms with van der Waals surface area (Å²) in [4.78, 5) is 30.7. The highest BCUT2D eigenvalue weighted by Gasteiger charge is 2.29. The van der Waals surface area contributed by atoms with Crippen molar-refractivity contribution in [3.63, 3.8) is 0 Å². The van der Waals surface area contributed by atoms with Crippen molar-refractivity contribution in [1.29, 1.82) is 0 Å². The maximum Gasteiger partial charge on any atom is 0.255 e. The van der Waals surface area contributed by atoms with Gasteiger partial charge in [0, 0.05) is 47.2 Å². The van der Waals surface area contributed by atoms with Crippen molar-refractivity contribution in [2.75, 3.05) is 17.2 Å². The Kier molecular flexibility index (Phi) is 6.28. The van der Waals surface area contributed by atoms with Crippen molar-refractivity contribution >= 4 is 23.3 Å². The molecule has 176 valence electrons. The number of halogens is 3. The maximum absolute atomic E-state index is 15.5. The molecule has 0 bridgehead atoms. The summed E-state index contributed by atoms with van der Waals surface area (Å²) in [6.45, 7) is 3.86. The fourth-order valence-electron chi connectivity index (χ4n) is 4.06. The number of hydrogen-bond acceptors (Lipinski definition) is 4. The van der Waals surface area contributed by atoms with Crippen LogP contribution in [0.3, 0.4) is 0 Å². The molecular weight excluding hydrogens is 445 g/mol. The van der Waals surface area contributed by atoms with Crippen LogP contribution in [0.1, 0.15) is 35.3 Å². The molecule has 2 aromatic carbocycles. The molecule has 1 aliphatic heterocycles. The molecule has 0 atom stereocenters. The van der Waals surface area contributed by atoms with Gasteiger partial charge in [-0.3, -0.25) is 9.59 Å². The van der Waals surface area contributed by atoms with E-state index in [1.807, 2.05) is 13.8 Å². The van der Waals surface area contributed by atoms with E-state index in [2.05, 4.69) is 10.3 Å². The zero-order valence-corrected chi connectivity index (χ0v) is 18.7. The monoisotopic (exact) mass is 468 g/mol. The van der Waals surface area contributed by atoms with Gasteiger partial charge in [-0.2, -0.15) is 0 Å². The molecule has 0 saturated heterocycles. The van der Waals surface area contributed by atoms with E-state index >= 15 is 4.39 Å². The second-order valence-electron chi connectivity index (χ2n) is 8.46. The Bertz CT molecular complexity index is 1270. The molecule has 4 rings (SSSR count). The fraction of sp³-hybridized carbons (Fsp3) is 0.240. The van der Waals surface area contributed by atoms with Gasteiger partial charge in [-0.05, 0) is 56.2 Å². The predicted octanol–water partition coefficient (Wildman–Crippen LogP) is 4.02. The van der Waals surface area contributed by atoms with E-state index in [0.29, 0.717) is 16.8 Å². The van der Waals surface area contributed by atoms with Crippen LogP contribution in [0.2, 0.25) is 0 Å². The number of carbonyl (C=O) groups is 2. The molecule has 2 amide bonds. The molecule has 0 radical (unpaired) electrons. The number of carbonyl (C=O) groups excluding carboxylic acids is 2. The first kappa shape index (κ1) is 23.3. The summed E-state index contributed by atoms with van der Waals surface area (Å²) in [5, 5.41) is 2.74. The topological polar surface area (TPSA) is 88.3 Å². The third kappa shape index (κ3) is 4.59. The van der Waals surface area contributed by atoms with Gasteiger partial charge in [0.2, 0.25) is 5.91 Å². The minimum absolute atomic E-state index is 0.0361. The molecule has 6 nitrogen and oxygen atoms in total. The van der Waals surface area contributed by atoms with Gasteiger partial charge in [0.15, 0.2) is 0 Å². The lowest BCUT2D eigenvalue weighted by Gasteiger charge is -2.18. The number of nitrogens with two attached hydrogens (primary N) is 1. The Morgan fingerprint density at radius 2 is 1.82 bits per heavy atom. The number of rotatable bonds is 5. The van der Waals surface area contributed by atoms with Crippen LogP contribution in [-0.2, 0) is 17.6 Å². The van der Waals surface area contributed by atoms with E-state index in [4.69, 9.17) is 5.73 Å². The Labute approximate surface area is 194 Å². The lowest BCUT2D eigenvalue weighted by Crippen LogP contribution is -2.30. The SMILES string of the molecule is CC(C)NC(=O)c1cc(-c2ccc3c(c2F)CCN3C(=O)Cc2cc(F)cc(F)c2)cnc1N. The van der Waals surface area contributed by atoms with Crippen molar-refractivity contribution in [3.05, 3.63) is 76.7 Å². The molecule has 0 saturated carbocycles. The third-order valence-electron chi connectivity index (χ3n) is 5.57. The first-order valence-electron chi connectivity index (χ1n) is 10.8. The number of nitrogen functional groups attached to an aromatic ring is 1. The summed E-state index contributed by atoms with van der Waals surface area (Å²) in [6, 6.07) is 7.44. The number of nitrogens with one attached hydrogen (secondary N) is 1.